The summed E-state index contributed by atoms with van der Waals surface area (Å²) in [7, 11) is 0. The number of ether oxygens (including phenoxy) is 1. The van der Waals surface area contributed by atoms with Crippen LogP contribution in [-0.2, 0) is 11.2 Å². The molecule has 158 valence electrons. The fraction of sp³-hybridized carbons (Fsp3) is 0.409. The van der Waals surface area contributed by atoms with Gasteiger partial charge in [-0.2, -0.15) is 0 Å². The van der Waals surface area contributed by atoms with Crippen LogP contribution in [0.3, 0.4) is 0 Å². The number of amides is 3. The Balaban J connectivity index is 1.59. The number of nitrogens with zero attached hydrogens (tertiary/aromatic N) is 3. The van der Waals surface area contributed by atoms with Crippen LogP contribution in [0, 0.1) is 0 Å². The summed E-state index contributed by atoms with van der Waals surface area (Å²) in [4.78, 5) is 33.4. The van der Waals surface area contributed by atoms with Crippen molar-refractivity contribution < 1.29 is 14.3 Å². The molecule has 2 aromatic rings. The highest BCUT2D eigenvalue weighted by Gasteiger charge is 2.59. The van der Waals surface area contributed by atoms with Crippen molar-refractivity contribution in [3.8, 4) is 5.75 Å². The molecule has 8 heteroatoms. The Kier molecular flexibility index (Phi) is 5.89. The van der Waals surface area contributed by atoms with Crippen LogP contribution in [0.1, 0.15) is 38.2 Å². The first-order chi connectivity index (χ1) is 14.4. The van der Waals surface area contributed by atoms with Gasteiger partial charge in [0.15, 0.2) is 0 Å². The third-order valence-electron chi connectivity index (χ3n) is 5.70. The number of pyridine rings is 1. The van der Waals surface area contributed by atoms with E-state index in [9.17, 15) is 9.59 Å². The van der Waals surface area contributed by atoms with Crippen molar-refractivity contribution in [3.63, 3.8) is 0 Å². The van der Waals surface area contributed by atoms with Crippen molar-refractivity contribution in [1.82, 2.24) is 9.88 Å². The third kappa shape index (κ3) is 3.74. The molecule has 3 amide bonds. The first kappa shape index (κ1) is 20.9. The minimum atomic E-state index is -0.885. The fourth-order valence-corrected chi connectivity index (χ4v) is 4.69. The lowest BCUT2D eigenvalue weighted by atomic mass is 9.88. The van der Waals surface area contributed by atoms with E-state index < -0.39 is 5.54 Å². The van der Waals surface area contributed by atoms with Crippen LogP contribution in [0.4, 0.5) is 10.5 Å². The lowest BCUT2D eigenvalue weighted by Crippen LogP contribution is -2.47. The predicted octanol–water partition coefficient (Wildman–Crippen LogP) is 5.11. The van der Waals surface area contributed by atoms with Crippen LogP contribution in [0.15, 0.2) is 36.4 Å². The first-order valence-electron chi connectivity index (χ1n) is 10.2. The summed E-state index contributed by atoms with van der Waals surface area (Å²) in [6.45, 7) is 3.36. The van der Waals surface area contributed by atoms with Crippen molar-refractivity contribution in [2.75, 3.05) is 18.1 Å². The highest BCUT2D eigenvalue weighted by atomic mass is 35.5. The van der Waals surface area contributed by atoms with Crippen molar-refractivity contribution in [1.29, 1.82) is 0 Å². The molecule has 30 heavy (non-hydrogen) atoms. The standard InChI is InChI=1S/C22H23Cl2N3O3/c1-2-3-11-30-17-7-5-15(6-8-17)14-22-9-4-10-26(22)21(29)27(20(22)28)16-12-18(23)25-19(24)13-16/h5-8,12-13H,2-4,9-11,14H2,1H3. The average molecular weight is 448 g/mol. The van der Waals surface area contributed by atoms with Crippen molar-refractivity contribution >= 4 is 40.8 Å². The average Bonchev–Trinajstić information content (AvgIpc) is 3.21. The quantitative estimate of drug-likeness (QED) is 0.336. The van der Waals surface area contributed by atoms with Crippen LogP contribution in [0.2, 0.25) is 10.3 Å². The minimum Gasteiger partial charge on any atom is -0.494 e. The van der Waals surface area contributed by atoms with Gasteiger partial charge in [-0.05, 0) is 49.1 Å². The molecule has 2 aliphatic rings. The fourth-order valence-electron chi connectivity index (χ4n) is 4.24. The summed E-state index contributed by atoms with van der Waals surface area (Å²) in [6.07, 6.45) is 3.96. The van der Waals surface area contributed by atoms with E-state index in [0.717, 1.165) is 30.6 Å². The Labute approximate surface area is 185 Å². The molecule has 4 rings (SSSR count). The Morgan fingerprint density at radius 3 is 2.50 bits per heavy atom. The molecular weight excluding hydrogens is 425 g/mol. The molecule has 2 fully saturated rings. The molecule has 2 aliphatic heterocycles. The number of urea groups is 1. The number of benzene rings is 1. The van der Waals surface area contributed by atoms with Crippen LogP contribution < -0.4 is 9.64 Å². The summed E-state index contributed by atoms with van der Waals surface area (Å²) in [5.41, 5.74) is 0.450. The summed E-state index contributed by atoms with van der Waals surface area (Å²) < 4.78 is 5.72. The molecule has 0 spiro atoms. The molecule has 2 saturated heterocycles. The third-order valence-corrected chi connectivity index (χ3v) is 6.09. The van der Waals surface area contributed by atoms with Crippen LogP contribution in [-0.4, -0.2) is 40.5 Å². The molecule has 0 aliphatic carbocycles. The van der Waals surface area contributed by atoms with Gasteiger partial charge in [-0.25, -0.2) is 14.7 Å². The summed E-state index contributed by atoms with van der Waals surface area (Å²) in [5, 5.41) is 0.274. The van der Waals surface area contributed by atoms with Gasteiger partial charge in [0, 0.05) is 13.0 Å². The monoisotopic (exact) mass is 447 g/mol. The van der Waals surface area contributed by atoms with Crippen molar-refractivity contribution in [2.45, 2.75) is 44.6 Å². The number of fused-ring (bicyclic) bond motifs is 1. The topological polar surface area (TPSA) is 62.7 Å². The molecule has 0 N–H and O–H groups in total. The lowest BCUT2D eigenvalue weighted by molar-refractivity contribution is -0.123. The molecule has 1 atom stereocenters. The van der Waals surface area contributed by atoms with Crippen LogP contribution >= 0.6 is 23.2 Å². The van der Waals surface area contributed by atoms with Gasteiger partial charge in [0.05, 0.1) is 12.3 Å². The second kappa shape index (κ2) is 8.44. The number of carbonyl (C=O) groups is 2. The highest BCUT2D eigenvalue weighted by Crippen LogP contribution is 2.42. The molecule has 0 saturated carbocycles. The Hall–Kier alpha value is -2.31. The van der Waals surface area contributed by atoms with Crippen LogP contribution in [0.25, 0.3) is 0 Å². The van der Waals surface area contributed by atoms with E-state index in [2.05, 4.69) is 11.9 Å². The number of rotatable bonds is 7. The van der Waals surface area contributed by atoms with Crippen molar-refractivity contribution in [2.24, 2.45) is 0 Å². The minimum absolute atomic E-state index is 0.137. The van der Waals surface area contributed by atoms with E-state index in [1.54, 1.807) is 4.90 Å². The van der Waals surface area contributed by atoms with Gasteiger partial charge in [-0.3, -0.25) is 4.79 Å². The van der Waals surface area contributed by atoms with E-state index in [-0.39, 0.29) is 22.2 Å². The lowest BCUT2D eigenvalue weighted by Gasteiger charge is -2.28. The molecule has 0 radical (unpaired) electrons. The Morgan fingerprint density at radius 1 is 1.13 bits per heavy atom. The van der Waals surface area contributed by atoms with E-state index >= 15 is 0 Å². The molecule has 1 unspecified atom stereocenters. The van der Waals surface area contributed by atoms with Crippen molar-refractivity contribution in [3.05, 3.63) is 52.3 Å². The maximum Gasteiger partial charge on any atom is 0.332 e. The van der Waals surface area contributed by atoms with Gasteiger partial charge in [0.25, 0.3) is 5.91 Å². The van der Waals surface area contributed by atoms with Gasteiger partial charge in [0.2, 0.25) is 0 Å². The zero-order valence-electron chi connectivity index (χ0n) is 16.7. The number of hydrogen-bond acceptors (Lipinski definition) is 4. The number of imide groups is 1. The smallest absolute Gasteiger partial charge is 0.332 e. The largest absolute Gasteiger partial charge is 0.494 e. The highest BCUT2D eigenvalue weighted by molar-refractivity contribution is 6.33. The molecule has 0 bridgehead atoms. The van der Waals surface area contributed by atoms with Gasteiger partial charge in [-0.15, -0.1) is 0 Å². The Bertz CT molecular complexity index is 946. The van der Waals surface area contributed by atoms with Crippen LogP contribution in [0.5, 0.6) is 5.75 Å². The predicted molar refractivity (Wildman–Crippen MR) is 116 cm³/mol. The summed E-state index contributed by atoms with van der Waals surface area (Å²) in [6, 6.07) is 10.4. The molecule has 1 aromatic carbocycles. The maximum absolute atomic E-state index is 13.5. The second-order valence-electron chi connectivity index (χ2n) is 7.70. The second-order valence-corrected chi connectivity index (χ2v) is 8.48. The molecule has 3 heterocycles. The number of anilines is 1. The van der Waals surface area contributed by atoms with Gasteiger partial charge in [-0.1, -0.05) is 48.7 Å². The van der Waals surface area contributed by atoms with E-state index in [4.69, 9.17) is 27.9 Å². The summed E-state index contributed by atoms with van der Waals surface area (Å²) in [5.74, 6) is 0.566. The summed E-state index contributed by atoms with van der Waals surface area (Å²) >= 11 is 12.0. The number of hydrogen-bond donors (Lipinski definition) is 0. The SMILES string of the molecule is CCCCOc1ccc(CC23CCCN2C(=O)N(c2cc(Cl)nc(Cl)c2)C3=O)cc1. The van der Waals surface area contributed by atoms with Gasteiger partial charge in [0.1, 0.15) is 21.6 Å². The van der Waals surface area contributed by atoms with E-state index in [0.29, 0.717) is 31.7 Å². The molecular formula is C22H23Cl2N3O3. The number of aromatic nitrogens is 1. The van der Waals surface area contributed by atoms with E-state index in [1.807, 2.05) is 24.3 Å². The first-order valence-corrected chi connectivity index (χ1v) is 10.9. The Morgan fingerprint density at radius 2 is 1.83 bits per heavy atom. The maximum atomic E-state index is 13.5. The van der Waals surface area contributed by atoms with Gasteiger partial charge < -0.3 is 9.64 Å². The molecule has 6 nitrogen and oxygen atoms in total. The number of halogens is 2. The number of unbranched alkanes of at least 4 members (excludes halogenated alkanes) is 1. The molecule has 1 aromatic heterocycles. The van der Waals surface area contributed by atoms with Gasteiger partial charge >= 0.3 is 6.03 Å². The normalized spacial score (nSPS) is 20.8. The number of carbonyl (C=O) groups excluding carboxylic acids is 2. The zero-order valence-corrected chi connectivity index (χ0v) is 18.2. The van der Waals surface area contributed by atoms with E-state index in [1.165, 1.54) is 17.0 Å². The zero-order chi connectivity index (χ0) is 21.3.